The zero-order valence-electron chi connectivity index (χ0n) is 12.2. The molecule has 0 spiro atoms. The van der Waals surface area contributed by atoms with Gasteiger partial charge in [0, 0.05) is 12.6 Å². The fourth-order valence-electron chi connectivity index (χ4n) is 2.72. The first kappa shape index (κ1) is 15.9. The second-order valence-corrected chi connectivity index (χ2v) is 4.36. The van der Waals surface area contributed by atoms with Crippen LogP contribution in [0.25, 0.3) is 0 Å². The van der Waals surface area contributed by atoms with Crippen molar-refractivity contribution in [2.45, 2.75) is 72.5 Å². The normalized spacial score (nSPS) is 33.8. The lowest BCUT2D eigenvalue weighted by Crippen LogP contribution is -2.58. The van der Waals surface area contributed by atoms with Crippen LogP contribution in [-0.4, -0.2) is 30.7 Å². The fourth-order valence-corrected chi connectivity index (χ4v) is 2.72. The van der Waals surface area contributed by atoms with E-state index in [1.54, 1.807) is 0 Å². The van der Waals surface area contributed by atoms with Crippen molar-refractivity contribution < 1.29 is 0 Å². The van der Waals surface area contributed by atoms with E-state index in [2.05, 4.69) is 24.2 Å². The SMILES string of the molecule is CC.CC.CC1NCC2CCCCC2N1C. The smallest absolute Gasteiger partial charge is 0.0568 e. The number of rotatable bonds is 0. The summed E-state index contributed by atoms with van der Waals surface area (Å²) in [6.45, 7) is 11.5. The maximum Gasteiger partial charge on any atom is 0.0568 e. The van der Waals surface area contributed by atoms with Crippen LogP contribution in [0.1, 0.15) is 60.3 Å². The molecule has 1 heterocycles. The Hall–Kier alpha value is -0.0800. The number of nitrogens with one attached hydrogen (secondary N) is 1. The zero-order valence-corrected chi connectivity index (χ0v) is 12.2. The number of hydrogen-bond donors (Lipinski definition) is 1. The van der Waals surface area contributed by atoms with Gasteiger partial charge in [-0.2, -0.15) is 0 Å². The minimum Gasteiger partial charge on any atom is -0.302 e. The molecule has 2 heteroatoms. The first-order valence-corrected chi connectivity index (χ1v) is 7.24. The molecule has 0 aromatic carbocycles. The maximum absolute atomic E-state index is 3.56. The second kappa shape index (κ2) is 9.00. The molecule has 1 saturated heterocycles. The van der Waals surface area contributed by atoms with Gasteiger partial charge in [-0.25, -0.2) is 0 Å². The Morgan fingerprint density at radius 2 is 1.56 bits per heavy atom. The molecule has 1 aliphatic carbocycles. The molecule has 3 unspecified atom stereocenters. The van der Waals surface area contributed by atoms with Gasteiger partial charge in [0.2, 0.25) is 0 Å². The molecule has 2 rings (SSSR count). The second-order valence-electron chi connectivity index (χ2n) is 4.36. The fraction of sp³-hybridized carbons (Fsp3) is 1.00. The monoisotopic (exact) mass is 228 g/mol. The van der Waals surface area contributed by atoms with E-state index in [4.69, 9.17) is 0 Å². The third-order valence-electron chi connectivity index (χ3n) is 3.68. The minimum atomic E-state index is 0.587. The molecular weight excluding hydrogens is 196 g/mol. The van der Waals surface area contributed by atoms with E-state index in [-0.39, 0.29) is 0 Å². The largest absolute Gasteiger partial charge is 0.302 e. The van der Waals surface area contributed by atoms with Crippen molar-refractivity contribution in [1.82, 2.24) is 10.2 Å². The third kappa shape index (κ3) is 4.06. The average molecular weight is 228 g/mol. The summed E-state index contributed by atoms with van der Waals surface area (Å²) in [5, 5.41) is 3.56. The highest BCUT2D eigenvalue weighted by molar-refractivity contribution is 4.88. The van der Waals surface area contributed by atoms with Crippen molar-refractivity contribution in [3.05, 3.63) is 0 Å². The molecule has 0 aromatic heterocycles. The molecular formula is C14H32N2. The van der Waals surface area contributed by atoms with Crippen molar-refractivity contribution in [3.8, 4) is 0 Å². The third-order valence-corrected chi connectivity index (χ3v) is 3.68. The summed E-state index contributed by atoms with van der Waals surface area (Å²) in [5.74, 6) is 0.931. The van der Waals surface area contributed by atoms with E-state index < -0.39 is 0 Å². The van der Waals surface area contributed by atoms with Gasteiger partial charge in [-0.1, -0.05) is 40.5 Å². The summed E-state index contributed by atoms with van der Waals surface area (Å²) >= 11 is 0. The standard InChI is InChI=1S/C10H20N2.2C2H6/c1-8-11-7-9-5-3-4-6-10(9)12(8)2;2*1-2/h8-11H,3-7H2,1-2H3;2*1-2H3. The van der Waals surface area contributed by atoms with E-state index in [1.165, 1.54) is 32.2 Å². The highest BCUT2D eigenvalue weighted by Gasteiger charge is 2.33. The summed E-state index contributed by atoms with van der Waals surface area (Å²) in [7, 11) is 2.26. The maximum atomic E-state index is 3.56. The molecule has 1 saturated carbocycles. The molecule has 16 heavy (non-hydrogen) atoms. The topological polar surface area (TPSA) is 15.3 Å². The van der Waals surface area contributed by atoms with Crippen LogP contribution >= 0.6 is 0 Å². The van der Waals surface area contributed by atoms with Crippen LogP contribution in [-0.2, 0) is 0 Å². The summed E-state index contributed by atoms with van der Waals surface area (Å²) in [6, 6.07) is 0.870. The van der Waals surface area contributed by atoms with Gasteiger partial charge < -0.3 is 5.32 Å². The van der Waals surface area contributed by atoms with Gasteiger partial charge >= 0.3 is 0 Å². The molecule has 0 aromatic rings. The number of fused-ring (bicyclic) bond motifs is 1. The summed E-state index contributed by atoms with van der Waals surface area (Å²) in [5.41, 5.74) is 0. The minimum absolute atomic E-state index is 0.587. The van der Waals surface area contributed by atoms with E-state index in [1.807, 2.05) is 27.7 Å². The van der Waals surface area contributed by atoms with Gasteiger partial charge in [0.05, 0.1) is 6.17 Å². The Morgan fingerprint density at radius 1 is 1.00 bits per heavy atom. The van der Waals surface area contributed by atoms with Gasteiger partial charge in [0.1, 0.15) is 0 Å². The molecule has 98 valence electrons. The average Bonchev–Trinajstić information content (AvgIpc) is 2.39. The molecule has 1 aliphatic heterocycles. The molecule has 0 amide bonds. The van der Waals surface area contributed by atoms with E-state index in [9.17, 15) is 0 Å². The predicted molar refractivity (Wildman–Crippen MR) is 73.7 cm³/mol. The molecule has 0 radical (unpaired) electrons. The van der Waals surface area contributed by atoms with Crippen LogP contribution in [0.4, 0.5) is 0 Å². The molecule has 2 fully saturated rings. The van der Waals surface area contributed by atoms with Crippen molar-refractivity contribution in [2.75, 3.05) is 13.6 Å². The van der Waals surface area contributed by atoms with Crippen molar-refractivity contribution in [1.29, 1.82) is 0 Å². The van der Waals surface area contributed by atoms with E-state index >= 15 is 0 Å². The van der Waals surface area contributed by atoms with Crippen LogP contribution < -0.4 is 5.32 Å². The van der Waals surface area contributed by atoms with Crippen molar-refractivity contribution in [2.24, 2.45) is 5.92 Å². The van der Waals surface area contributed by atoms with Crippen molar-refractivity contribution >= 4 is 0 Å². The summed E-state index contributed by atoms with van der Waals surface area (Å²) in [4.78, 5) is 2.52. The van der Waals surface area contributed by atoms with E-state index in [0.29, 0.717) is 6.17 Å². The van der Waals surface area contributed by atoms with Crippen LogP contribution in [0.3, 0.4) is 0 Å². The molecule has 2 nitrogen and oxygen atoms in total. The highest BCUT2D eigenvalue weighted by atomic mass is 15.3. The van der Waals surface area contributed by atoms with Gasteiger partial charge in [-0.05, 0) is 32.7 Å². The Labute approximate surface area is 103 Å². The highest BCUT2D eigenvalue weighted by Crippen LogP contribution is 2.30. The van der Waals surface area contributed by atoms with Gasteiger partial charge in [-0.3, -0.25) is 4.90 Å². The van der Waals surface area contributed by atoms with Crippen molar-refractivity contribution in [3.63, 3.8) is 0 Å². The Bertz CT molecular complexity index is 157. The Balaban J connectivity index is 0.000000509. The number of hydrogen-bond acceptors (Lipinski definition) is 2. The van der Waals surface area contributed by atoms with Gasteiger partial charge in [0.25, 0.3) is 0 Å². The first-order valence-electron chi connectivity index (χ1n) is 7.24. The van der Waals surface area contributed by atoms with Crippen LogP contribution in [0, 0.1) is 5.92 Å². The molecule has 0 bridgehead atoms. The lowest BCUT2D eigenvalue weighted by Gasteiger charge is -2.46. The van der Waals surface area contributed by atoms with Crippen LogP contribution in [0.2, 0.25) is 0 Å². The zero-order chi connectivity index (χ0) is 12.6. The van der Waals surface area contributed by atoms with Crippen LogP contribution in [0.15, 0.2) is 0 Å². The van der Waals surface area contributed by atoms with Gasteiger partial charge in [0.15, 0.2) is 0 Å². The summed E-state index contributed by atoms with van der Waals surface area (Å²) in [6.07, 6.45) is 6.34. The van der Waals surface area contributed by atoms with Crippen LogP contribution in [0.5, 0.6) is 0 Å². The summed E-state index contributed by atoms with van der Waals surface area (Å²) < 4.78 is 0. The Kier molecular flexibility index (Phi) is 8.96. The molecule has 2 aliphatic rings. The lowest BCUT2D eigenvalue weighted by atomic mass is 9.82. The molecule has 3 atom stereocenters. The Morgan fingerprint density at radius 3 is 2.19 bits per heavy atom. The van der Waals surface area contributed by atoms with Gasteiger partial charge in [-0.15, -0.1) is 0 Å². The van der Waals surface area contributed by atoms with E-state index in [0.717, 1.165) is 12.0 Å². The predicted octanol–water partition coefficient (Wildman–Crippen LogP) is 3.48. The lowest BCUT2D eigenvalue weighted by molar-refractivity contribution is 0.0377. The molecule has 1 N–H and O–H groups in total. The first-order chi connectivity index (χ1) is 7.79. The number of nitrogens with zero attached hydrogens (tertiary/aromatic N) is 1. The quantitative estimate of drug-likeness (QED) is 0.683.